The third kappa shape index (κ3) is 4.98. The van der Waals surface area contributed by atoms with Gasteiger partial charge in [-0.1, -0.05) is 6.07 Å². The Hall–Kier alpha value is -2.37. The van der Waals surface area contributed by atoms with Crippen LogP contribution in [0.5, 0.6) is 0 Å². The number of aliphatic hydroxyl groups is 1. The molecule has 1 N–H and O–H groups in total. The first-order chi connectivity index (χ1) is 13.9. The van der Waals surface area contributed by atoms with Gasteiger partial charge in [-0.2, -0.15) is 0 Å². The fourth-order valence-electron chi connectivity index (χ4n) is 3.03. The number of carbonyl (C=O) groups excluding carboxylic acids is 3. The Bertz CT molecular complexity index is 882. The van der Waals surface area contributed by atoms with Crippen LogP contribution >= 0.6 is 23.5 Å². The molecule has 1 aromatic carbocycles. The number of hydrogen-bond acceptors (Lipinski definition) is 8. The van der Waals surface area contributed by atoms with E-state index in [1.807, 2.05) is 0 Å². The zero-order valence-electron chi connectivity index (χ0n) is 15.4. The maximum Gasteiger partial charge on any atom is 0.294 e. The van der Waals surface area contributed by atoms with Crippen LogP contribution in [0.25, 0.3) is 6.08 Å². The molecule has 154 valence electrons. The fourth-order valence-corrected chi connectivity index (χ4v) is 4.63. The number of nitro groups is 1. The number of hydrogen-bond donors (Lipinski definition) is 1. The monoisotopic (exact) mass is 437 g/mol. The van der Waals surface area contributed by atoms with Crippen molar-refractivity contribution in [3.63, 3.8) is 0 Å². The van der Waals surface area contributed by atoms with Crippen LogP contribution < -0.4 is 0 Å². The van der Waals surface area contributed by atoms with E-state index in [0.29, 0.717) is 41.1 Å². The molecule has 9 nitrogen and oxygen atoms in total. The minimum absolute atomic E-state index is 0.104. The van der Waals surface area contributed by atoms with Crippen molar-refractivity contribution in [1.82, 2.24) is 9.80 Å². The second kappa shape index (κ2) is 9.42. The highest BCUT2D eigenvalue weighted by Crippen LogP contribution is 2.35. The molecule has 2 aliphatic heterocycles. The Morgan fingerprint density at radius 2 is 2.03 bits per heavy atom. The molecule has 0 atom stereocenters. The molecule has 0 aromatic heterocycles. The van der Waals surface area contributed by atoms with Crippen LogP contribution in [0.4, 0.5) is 10.5 Å². The van der Waals surface area contributed by atoms with Crippen molar-refractivity contribution in [1.29, 1.82) is 0 Å². The second-order valence-corrected chi connectivity index (χ2v) is 8.54. The lowest BCUT2D eigenvalue weighted by molar-refractivity contribution is -0.387. The van der Waals surface area contributed by atoms with Crippen LogP contribution in [-0.2, 0) is 9.59 Å². The van der Waals surface area contributed by atoms with E-state index in [4.69, 9.17) is 5.11 Å². The first-order valence-corrected chi connectivity index (χ1v) is 10.8. The first-order valence-electron chi connectivity index (χ1n) is 8.96. The number of nitrogens with zero attached hydrogens (tertiary/aromatic N) is 3. The van der Waals surface area contributed by atoms with Crippen molar-refractivity contribution in [3.05, 3.63) is 38.8 Å². The topological polar surface area (TPSA) is 121 Å². The summed E-state index contributed by atoms with van der Waals surface area (Å²) in [5.41, 5.74) is 0.266. The zero-order valence-corrected chi connectivity index (χ0v) is 17.0. The van der Waals surface area contributed by atoms with Crippen molar-refractivity contribution in [2.75, 3.05) is 32.0 Å². The Labute approximate surface area is 175 Å². The van der Waals surface area contributed by atoms with Gasteiger partial charge < -0.3 is 10.0 Å². The molecule has 11 heteroatoms. The Balaban J connectivity index is 1.77. The molecule has 2 saturated heterocycles. The number of benzene rings is 1. The van der Waals surface area contributed by atoms with Gasteiger partial charge in [0, 0.05) is 24.9 Å². The van der Waals surface area contributed by atoms with Gasteiger partial charge in [0.25, 0.3) is 16.8 Å². The third-order valence-electron chi connectivity index (χ3n) is 4.45. The van der Waals surface area contributed by atoms with E-state index < -0.39 is 16.1 Å². The number of amides is 3. The maximum atomic E-state index is 12.6. The minimum atomic E-state index is -0.575. The Morgan fingerprint density at radius 3 is 2.69 bits per heavy atom. The number of carbonyl (C=O) groups is 3. The smallest absolute Gasteiger partial charge is 0.294 e. The second-order valence-electron chi connectivity index (χ2n) is 6.41. The minimum Gasteiger partial charge on any atom is -0.396 e. The average molecular weight is 437 g/mol. The molecule has 2 heterocycles. The molecular weight excluding hydrogens is 418 g/mol. The van der Waals surface area contributed by atoms with Gasteiger partial charge in [0.2, 0.25) is 5.91 Å². The van der Waals surface area contributed by atoms with Crippen LogP contribution in [0.3, 0.4) is 0 Å². The van der Waals surface area contributed by atoms with Crippen LogP contribution in [-0.4, -0.2) is 68.9 Å². The molecule has 0 saturated carbocycles. The van der Waals surface area contributed by atoms with Crippen molar-refractivity contribution < 1.29 is 24.4 Å². The van der Waals surface area contributed by atoms with E-state index in [-0.39, 0.29) is 29.7 Å². The number of imide groups is 1. The molecule has 3 amide bonds. The van der Waals surface area contributed by atoms with Crippen molar-refractivity contribution in [2.45, 2.75) is 17.7 Å². The van der Waals surface area contributed by atoms with Gasteiger partial charge in [-0.25, -0.2) is 0 Å². The van der Waals surface area contributed by atoms with Crippen LogP contribution in [0.15, 0.2) is 28.0 Å². The van der Waals surface area contributed by atoms with E-state index in [9.17, 15) is 24.5 Å². The first kappa shape index (κ1) is 21.3. The SMILES string of the molecule is O=C(CN1C(=O)S/C(=C\c2ccc(SCCO)c([N+](=O)[O-])c2)C1=O)N1CCCC1. The molecule has 2 aliphatic rings. The summed E-state index contributed by atoms with van der Waals surface area (Å²) in [6.45, 7) is 0.871. The highest BCUT2D eigenvalue weighted by molar-refractivity contribution is 8.18. The van der Waals surface area contributed by atoms with Crippen molar-refractivity contribution >= 4 is 52.3 Å². The standard InChI is InChI=1S/C18H19N3O6S2/c22-7-8-28-14-4-3-12(9-13(14)21(26)27)10-15-17(24)20(18(25)29-15)11-16(23)19-5-1-2-6-19/h3-4,9-10,22H,1-2,5-8,11H2/b15-10-. The van der Waals surface area contributed by atoms with Gasteiger partial charge in [-0.3, -0.25) is 29.4 Å². The highest BCUT2D eigenvalue weighted by Gasteiger charge is 2.37. The predicted octanol–water partition coefficient (Wildman–Crippen LogP) is 2.34. The number of rotatable bonds is 7. The summed E-state index contributed by atoms with van der Waals surface area (Å²) in [5.74, 6) is -0.509. The molecule has 0 radical (unpaired) electrons. The summed E-state index contributed by atoms with van der Waals surface area (Å²) in [4.78, 5) is 50.9. The lowest BCUT2D eigenvalue weighted by Gasteiger charge is -2.18. The molecule has 2 fully saturated rings. The molecule has 0 bridgehead atoms. The number of likely N-dealkylation sites (tertiary alicyclic amines) is 1. The normalized spacial score (nSPS) is 18.2. The molecule has 1 aromatic rings. The molecule has 29 heavy (non-hydrogen) atoms. The lowest BCUT2D eigenvalue weighted by Crippen LogP contribution is -2.40. The number of aliphatic hydroxyl groups excluding tert-OH is 1. The number of nitro benzene ring substituents is 1. The van der Waals surface area contributed by atoms with Gasteiger partial charge in [0.1, 0.15) is 6.54 Å². The van der Waals surface area contributed by atoms with Gasteiger partial charge in [-0.05, 0) is 42.3 Å². The Kier molecular flexibility index (Phi) is 6.93. The summed E-state index contributed by atoms with van der Waals surface area (Å²) >= 11 is 1.87. The largest absolute Gasteiger partial charge is 0.396 e. The zero-order chi connectivity index (χ0) is 21.0. The molecule has 0 aliphatic carbocycles. The van der Waals surface area contributed by atoms with Gasteiger partial charge in [-0.15, -0.1) is 11.8 Å². The van der Waals surface area contributed by atoms with E-state index in [1.54, 1.807) is 17.0 Å². The van der Waals surface area contributed by atoms with Crippen LogP contribution in [0.2, 0.25) is 0 Å². The summed E-state index contributed by atoms with van der Waals surface area (Å²) < 4.78 is 0. The van der Waals surface area contributed by atoms with Gasteiger partial charge >= 0.3 is 0 Å². The van der Waals surface area contributed by atoms with E-state index in [0.717, 1.165) is 29.5 Å². The van der Waals surface area contributed by atoms with Crippen molar-refractivity contribution in [3.8, 4) is 0 Å². The van der Waals surface area contributed by atoms with Crippen LogP contribution in [0.1, 0.15) is 18.4 Å². The lowest BCUT2D eigenvalue weighted by atomic mass is 10.2. The maximum absolute atomic E-state index is 12.6. The predicted molar refractivity (Wildman–Crippen MR) is 109 cm³/mol. The summed E-state index contributed by atoms with van der Waals surface area (Å²) in [6, 6.07) is 4.48. The quantitative estimate of drug-likeness (QED) is 0.299. The molecule has 3 rings (SSSR count). The Morgan fingerprint density at radius 1 is 1.31 bits per heavy atom. The van der Waals surface area contributed by atoms with Crippen LogP contribution in [0, 0.1) is 10.1 Å². The fraction of sp³-hybridized carbons (Fsp3) is 0.389. The highest BCUT2D eigenvalue weighted by atomic mass is 32.2. The van der Waals surface area contributed by atoms with E-state index in [2.05, 4.69) is 0 Å². The molecular formula is C18H19N3O6S2. The summed E-state index contributed by atoms with van der Waals surface area (Å²) in [7, 11) is 0. The van der Waals surface area contributed by atoms with Gasteiger partial charge in [0.15, 0.2) is 0 Å². The third-order valence-corrected chi connectivity index (χ3v) is 6.40. The van der Waals surface area contributed by atoms with E-state index >= 15 is 0 Å². The number of thioether (sulfide) groups is 2. The summed E-state index contributed by atoms with van der Waals surface area (Å²) in [5, 5.41) is 19.7. The van der Waals surface area contributed by atoms with Gasteiger partial charge in [0.05, 0.1) is 21.3 Å². The van der Waals surface area contributed by atoms with E-state index in [1.165, 1.54) is 12.1 Å². The van der Waals surface area contributed by atoms with Crippen molar-refractivity contribution in [2.24, 2.45) is 0 Å². The average Bonchev–Trinajstić information content (AvgIpc) is 3.32. The molecule has 0 unspecified atom stereocenters. The molecule has 0 spiro atoms. The summed E-state index contributed by atoms with van der Waals surface area (Å²) in [6.07, 6.45) is 3.25.